The van der Waals surface area contributed by atoms with Crippen LogP contribution < -0.4 is 0 Å². The second-order valence-corrected chi connectivity index (χ2v) is 4.57. The number of Topliss-reactive ketones (excluding diaryl/α,β-unsaturated/α-hetero) is 1. The summed E-state index contributed by atoms with van der Waals surface area (Å²) in [4.78, 5) is 23.1. The van der Waals surface area contributed by atoms with Crippen molar-refractivity contribution < 1.29 is 14.3 Å². The quantitative estimate of drug-likeness (QED) is 0.624. The molecule has 1 atom stereocenters. The molecule has 0 aliphatic heterocycles. The summed E-state index contributed by atoms with van der Waals surface area (Å²) in [6.07, 6.45) is 0.382. The van der Waals surface area contributed by atoms with Gasteiger partial charge >= 0.3 is 5.97 Å². The lowest BCUT2D eigenvalue weighted by Crippen LogP contribution is -2.25. The van der Waals surface area contributed by atoms with Gasteiger partial charge in [-0.3, -0.25) is 9.59 Å². The van der Waals surface area contributed by atoms with E-state index < -0.39 is 11.9 Å². The number of ether oxygens (including phenoxy) is 1. The van der Waals surface area contributed by atoms with Gasteiger partial charge in [-0.05, 0) is 29.7 Å². The number of hydrogen-bond acceptors (Lipinski definition) is 3. The van der Waals surface area contributed by atoms with Crippen LogP contribution in [0.2, 0.25) is 0 Å². The van der Waals surface area contributed by atoms with E-state index in [1.807, 2.05) is 42.5 Å². The van der Waals surface area contributed by atoms with E-state index >= 15 is 0 Å². The molecule has 19 heavy (non-hydrogen) atoms. The van der Waals surface area contributed by atoms with Crippen LogP contribution in [0.15, 0.2) is 42.5 Å². The first kappa shape index (κ1) is 13.3. The fourth-order valence-electron chi connectivity index (χ4n) is 2.14. The first-order chi connectivity index (χ1) is 9.11. The summed E-state index contributed by atoms with van der Waals surface area (Å²) in [6.45, 7) is 1.42. The van der Waals surface area contributed by atoms with Crippen LogP contribution in [0.3, 0.4) is 0 Å². The van der Waals surface area contributed by atoms with Crippen molar-refractivity contribution in [1.29, 1.82) is 0 Å². The van der Waals surface area contributed by atoms with Crippen LogP contribution in [-0.2, 0) is 20.7 Å². The molecule has 0 saturated heterocycles. The zero-order chi connectivity index (χ0) is 13.8. The van der Waals surface area contributed by atoms with Crippen LogP contribution in [0.25, 0.3) is 10.8 Å². The smallest absolute Gasteiger partial charge is 0.316 e. The van der Waals surface area contributed by atoms with Crippen molar-refractivity contribution >= 4 is 22.5 Å². The predicted molar refractivity (Wildman–Crippen MR) is 73.8 cm³/mol. The number of benzene rings is 2. The third-order valence-electron chi connectivity index (χ3n) is 3.23. The van der Waals surface area contributed by atoms with Gasteiger partial charge in [0, 0.05) is 0 Å². The van der Waals surface area contributed by atoms with Gasteiger partial charge in [-0.1, -0.05) is 42.5 Å². The SMILES string of the molecule is COC(=O)C(Cc1ccc2ccccc2c1)C(C)=O. The van der Waals surface area contributed by atoms with Crippen molar-refractivity contribution in [1.82, 2.24) is 0 Å². The van der Waals surface area contributed by atoms with Crippen molar-refractivity contribution in [3.63, 3.8) is 0 Å². The first-order valence-corrected chi connectivity index (χ1v) is 6.18. The van der Waals surface area contributed by atoms with Crippen LogP contribution in [0.5, 0.6) is 0 Å². The molecule has 3 nitrogen and oxygen atoms in total. The Morgan fingerprint density at radius 1 is 1.11 bits per heavy atom. The van der Waals surface area contributed by atoms with Gasteiger partial charge in [0.2, 0.25) is 0 Å². The number of carbonyl (C=O) groups is 2. The molecule has 0 saturated carbocycles. The molecule has 0 amide bonds. The minimum Gasteiger partial charge on any atom is -0.468 e. The molecule has 0 heterocycles. The number of ketones is 1. The Kier molecular flexibility index (Phi) is 3.95. The molecule has 2 aromatic carbocycles. The third-order valence-corrected chi connectivity index (χ3v) is 3.23. The monoisotopic (exact) mass is 256 g/mol. The van der Waals surface area contributed by atoms with Gasteiger partial charge < -0.3 is 4.74 Å². The maximum Gasteiger partial charge on any atom is 0.316 e. The zero-order valence-corrected chi connectivity index (χ0v) is 11.1. The minimum absolute atomic E-state index is 0.167. The fourth-order valence-corrected chi connectivity index (χ4v) is 2.14. The molecule has 98 valence electrons. The zero-order valence-electron chi connectivity index (χ0n) is 11.1. The molecule has 0 fully saturated rings. The number of hydrogen-bond donors (Lipinski definition) is 0. The van der Waals surface area contributed by atoms with Gasteiger partial charge in [0.25, 0.3) is 0 Å². The number of esters is 1. The molecule has 0 N–H and O–H groups in total. The summed E-state index contributed by atoms with van der Waals surface area (Å²) in [5, 5.41) is 2.25. The van der Waals surface area contributed by atoms with Gasteiger partial charge in [-0.2, -0.15) is 0 Å². The maximum absolute atomic E-state index is 11.6. The largest absolute Gasteiger partial charge is 0.468 e. The highest BCUT2D eigenvalue weighted by molar-refractivity contribution is 5.98. The Morgan fingerprint density at radius 3 is 2.42 bits per heavy atom. The van der Waals surface area contributed by atoms with E-state index in [4.69, 9.17) is 0 Å². The highest BCUT2D eigenvalue weighted by atomic mass is 16.5. The lowest BCUT2D eigenvalue weighted by atomic mass is 9.94. The number of fused-ring (bicyclic) bond motifs is 1. The van der Waals surface area contributed by atoms with E-state index in [1.54, 1.807) is 0 Å². The molecule has 0 spiro atoms. The first-order valence-electron chi connectivity index (χ1n) is 6.18. The van der Waals surface area contributed by atoms with Crippen molar-refractivity contribution in [2.75, 3.05) is 7.11 Å². The molecule has 3 heteroatoms. The van der Waals surface area contributed by atoms with Gasteiger partial charge in [0.15, 0.2) is 0 Å². The number of rotatable bonds is 4. The molecule has 0 aromatic heterocycles. The van der Waals surface area contributed by atoms with E-state index in [2.05, 4.69) is 4.74 Å². The Balaban J connectivity index is 2.28. The predicted octanol–water partition coefficient (Wildman–Crippen LogP) is 2.76. The molecule has 0 aliphatic carbocycles. The second kappa shape index (κ2) is 5.65. The summed E-state index contributed by atoms with van der Waals surface area (Å²) in [5.41, 5.74) is 0.962. The van der Waals surface area contributed by atoms with Gasteiger partial charge in [0.05, 0.1) is 7.11 Å². The van der Waals surface area contributed by atoms with Crippen LogP contribution >= 0.6 is 0 Å². The van der Waals surface area contributed by atoms with Crippen LogP contribution in [0.4, 0.5) is 0 Å². The summed E-state index contributed by atoms with van der Waals surface area (Å²) in [7, 11) is 1.30. The van der Waals surface area contributed by atoms with Gasteiger partial charge in [0.1, 0.15) is 11.7 Å². The average molecular weight is 256 g/mol. The molecule has 2 aromatic rings. The van der Waals surface area contributed by atoms with E-state index in [9.17, 15) is 9.59 Å². The van der Waals surface area contributed by atoms with Crippen molar-refractivity contribution in [2.45, 2.75) is 13.3 Å². The number of carbonyl (C=O) groups excluding carboxylic acids is 2. The summed E-state index contributed by atoms with van der Waals surface area (Å²) in [6, 6.07) is 13.9. The highest BCUT2D eigenvalue weighted by Crippen LogP contribution is 2.19. The summed E-state index contributed by atoms with van der Waals surface area (Å²) in [5.74, 6) is -1.35. The summed E-state index contributed by atoms with van der Waals surface area (Å²) < 4.78 is 4.67. The standard InChI is InChI=1S/C16H16O3/c1-11(17)15(16(18)19-2)10-12-7-8-13-5-3-4-6-14(13)9-12/h3-9,15H,10H2,1-2H3. The Hall–Kier alpha value is -2.16. The second-order valence-electron chi connectivity index (χ2n) is 4.57. The Bertz CT molecular complexity index is 616. The van der Waals surface area contributed by atoms with Gasteiger partial charge in [-0.25, -0.2) is 0 Å². The molecular formula is C16H16O3. The molecule has 0 radical (unpaired) electrons. The van der Waals surface area contributed by atoms with Crippen molar-refractivity contribution in [3.05, 3.63) is 48.0 Å². The topological polar surface area (TPSA) is 43.4 Å². The lowest BCUT2D eigenvalue weighted by molar-refractivity contribution is -0.148. The Labute approximate surface area is 112 Å². The fraction of sp³-hybridized carbons (Fsp3) is 0.250. The van der Waals surface area contributed by atoms with Crippen LogP contribution in [0, 0.1) is 5.92 Å². The van der Waals surface area contributed by atoms with E-state index in [1.165, 1.54) is 14.0 Å². The lowest BCUT2D eigenvalue weighted by Gasteiger charge is -2.11. The van der Waals surface area contributed by atoms with E-state index in [-0.39, 0.29) is 5.78 Å². The highest BCUT2D eigenvalue weighted by Gasteiger charge is 2.24. The molecule has 0 aliphatic rings. The van der Waals surface area contributed by atoms with Crippen LogP contribution in [0.1, 0.15) is 12.5 Å². The maximum atomic E-state index is 11.6. The van der Waals surface area contributed by atoms with Crippen LogP contribution in [-0.4, -0.2) is 18.9 Å². The number of methoxy groups -OCH3 is 1. The minimum atomic E-state index is -0.717. The molecular weight excluding hydrogens is 240 g/mol. The molecule has 2 rings (SSSR count). The molecule has 0 bridgehead atoms. The summed E-state index contributed by atoms with van der Waals surface area (Å²) >= 11 is 0. The average Bonchev–Trinajstić information content (AvgIpc) is 2.43. The van der Waals surface area contributed by atoms with Gasteiger partial charge in [-0.15, -0.1) is 0 Å². The normalized spacial score (nSPS) is 12.1. The van der Waals surface area contributed by atoms with Crippen molar-refractivity contribution in [3.8, 4) is 0 Å². The third kappa shape index (κ3) is 2.99. The van der Waals surface area contributed by atoms with E-state index in [0.29, 0.717) is 6.42 Å². The van der Waals surface area contributed by atoms with E-state index in [0.717, 1.165) is 16.3 Å². The Morgan fingerprint density at radius 2 is 1.79 bits per heavy atom. The van der Waals surface area contributed by atoms with Crippen molar-refractivity contribution in [2.24, 2.45) is 5.92 Å². The molecule has 1 unspecified atom stereocenters.